The van der Waals surface area contributed by atoms with E-state index >= 15 is 0 Å². The summed E-state index contributed by atoms with van der Waals surface area (Å²) in [6, 6.07) is 4.52. The van der Waals surface area contributed by atoms with Crippen LogP contribution in [0.15, 0.2) is 28.2 Å². The average Bonchev–Trinajstić information content (AvgIpc) is 2.45. The Balaban J connectivity index is 0.000000763. The number of nitrogens with two attached hydrogens (primary N) is 1. The van der Waals surface area contributed by atoms with E-state index in [0.717, 1.165) is 0 Å². The van der Waals surface area contributed by atoms with Crippen LogP contribution in [0.25, 0.3) is 0 Å². The van der Waals surface area contributed by atoms with Crippen LogP contribution >= 0.6 is 23.2 Å². The predicted molar refractivity (Wildman–Crippen MR) is 88.6 cm³/mol. The van der Waals surface area contributed by atoms with Crippen LogP contribution in [-0.2, 0) is 4.79 Å². The van der Waals surface area contributed by atoms with Crippen molar-refractivity contribution in [2.75, 3.05) is 13.1 Å². The second kappa shape index (κ2) is 11.6. The normalized spacial score (nSPS) is 9.91. The van der Waals surface area contributed by atoms with Gasteiger partial charge in [-0.15, -0.1) is 0 Å². The topological polar surface area (TPSA) is 109 Å². The Bertz CT molecular complexity index is 551. The van der Waals surface area contributed by atoms with Gasteiger partial charge in [0.25, 0.3) is 0 Å². The van der Waals surface area contributed by atoms with Crippen molar-refractivity contribution < 1.29 is 9.59 Å². The third kappa shape index (κ3) is 8.26. The first-order chi connectivity index (χ1) is 10.5. The third-order valence-electron chi connectivity index (χ3n) is 1.97. The molecule has 0 saturated heterocycles. The number of benzene rings is 1. The Morgan fingerprint density at radius 2 is 1.91 bits per heavy atom. The smallest absolute Gasteiger partial charge is 0.321 e. The molecule has 1 aromatic carbocycles. The monoisotopic (exact) mass is 345 g/mol. The molecule has 0 atom stereocenters. The fourth-order valence-electron chi connectivity index (χ4n) is 1.13. The molecule has 1 aromatic rings. The largest absolute Gasteiger partial charge is 0.369 e. The molecule has 0 aliphatic carbocycles. The maximum absolute atomic E-state index is 11.2. The molecule has 0 fully saturated rings. The van der Waals surface area contributed by atoms with Gasteiger partial charge in [-0.2, -0.15) is 0 Å². The van der Waals surface area contributed by atoms with Crippen molar-refractivity contribution in [2.45, 2.75) is 13.8 Å². The van der Waals surface area contributed by atoms with Crippen LogP contribution < -0.4 is 16.4 Å². The number of hydrogen-bond acceptors (Lipinski definition) is 4. The number of amides is 2. The fraction of sp³-hybridized carbons (Fsp3) is 0.308. The molecule has 0 aliphatic heterocycles. The van der Waals surface area contributed by atoms with Crippen LogP contribution in [0.3, 0.4) is 0 Å². The molecular formula is C13H17Cl2N5O2. The van der Waals surface area contributed by atoms with E-state index in [1.807, 2.05) is 0 Å². The molecule has 22 heavy (non-hydrogen) atoms. The summed E-state index contributed by atoms with van der Waals surface area (Å²) >= 11 is 11.8. The van der Waals surface area contributed by atoms with Crippen molar-refractivity contribution in [2.24, 2.45) is 15.7 Å². The summed E-state index contributed by atoms with van der Waals surface area (Å²) in [7, 11) is 0. The maximum atomic E-state index is 11.2. The zero-order valence-corrected chi connectivity index (χ0v) is 13.7. The van der Waals surface area contributed by atoms with Gasteiger partial charge in [0.2, 0.25) is 12.0 Å². The van der Waals surface area contributed by atoms with Gasteiger partial charge < -0.3 is 11.1 Å². The first-order valence-corrected chi connectivity index (χ1v) is 7.08. The number of isocyanates is 1. The quantitative estimate of drug-likeness (QED) is 0.445. The molecule has 1 rings (SSSR count). The van der Waals surface area contributed by atoms with Crippen LogP contribution in [0.4, 0.5) is 10.5 Å². The van der Waals surface area contributed by atoms with Crippen LogP contribution in [0.5, 0.6) is 0 Å². The first kappa shape index (κ1) is 19.9. The van der Waals surface area contributed by atoms with Crippen LogP contribution in [0, 0.1) is 0 Å². The minimum Gasteiger partial charge on any atom is -0.369 e. The minimum absolute atomic E-state index is 0.0778. The molecule has 4 N–H and O–H groups in total. The van der Waals surface area contributed by atoms with Crippen molar-refractivity contribution in [1.29, 1.82) is 0 Å². The van der Waals surface area contributed by atoms with Crippen LogP contribution in [0.1, 0.15) is 13.8 Å². The Kier molecular flexibility index (Phi) is 10.5. The highest BCUT2D eigenvalue weighted by atomic mass is 35.5. The fourth-order valence-corrected chi connectivity index (χ4v) is 1.61. The SMILES string of the molecule is CCN=C=O.CCNC(=O)NC(N)=Nc1c(Cl)cccc1Cl. The van der Waals surface area contributed by atoms with Crippen LogP contribution in [0.2, 0.25) is 10.0 Å². The van der Waals surface area contributed by atoms with Crippen molar-refractivity contribution in [3.8, 4) is 0 Å². The highest BCUT2D eigenvalue weighted by Gasteiger charge is 2.06. The lowest BCUT2D eigenvalue weighted by molar-refractivity contribution is 0.245. The molecule has 0 heterocycles. The Morgan fingerprint density at radius 3 is 2.32 bits per heavy atom. The van der Waals surface area contributed by atoms with Gasteiger partial charge in [0, 0.05) is 13.1 Å². The van der Waals surface area contributed by atoms with E-state index in [-0.39, 0.29) is 5.96 Å². The van der Waals surface area contributed by atoms with E-state index in [1.54, 1.807) is 32.0 Å². The number of halogens is 2. The Labute approximate surface area is 138 Å². The predicted octanol–water partition coefficient (Wildman–Crippen LogP) is 2.60. The molecule has 9 heteroatoms. The second-order valence-electron chi connectivity index (χ2n) is 3.62. The van der Waals surface area contributed by atoms with E-state index in [0.29, 0.717) is 28.8 Å². The molecular weight excluding hydrogens is 329 g/mol. The lowest BCUT2D eigenvalue weighted by atomic mass is 10.3. The highest BCUT2D eigenvalue weighted by Crippen LogP contribution is 2.32. The Morgan fingerprint density at radius 1 is 1.32 bits per heavy atom. The zero-order valence-electron chi connectivity index (χ0n) is 12.2. The molecule has 0 spiro atoms. The van der Waals surface area contributed by atoms with Gasteiger partial charge >= 0.3 is 6.03 Å². The molecule has 0 radical (unpaired) electrons. The summed E-state index contributed by atoms with van der Waals surface area (Å²) < 4.78 is 0. The number of carbonyl (C=O) groups is 1. The summed E-state index contributed by atoms with van der Waals surface area (Å²) in [5, 5.41) is 5.58. The number of nitrogens with zero attached hydrogens (tertiary/aromatic N) is 2. The van der Waals surface area contributed by atoms with Crippen molar-refractivity contribution in [3.05, 3.63) is 28.2 Å². The molecule has 0 aliphatic rings. The number of para-hydroxylation sites is 1. The van der Waals surface area contributed by atoms with Crippen LogP contribution in [-0.4, -0.2) is 31.2 Å². The zero-order chi connectivity index (χ0) is 17.0. The first-order valence-electron chi connectivity index (χ1n) is 6.32. The molecule has 120 valence electrons. The summed E-state index contributed by atoms with van der Waals surface area (Å²) in [6.45, 7) is 4.61. The van der Waals surface area contributed by atoms with E-state index in [2.05, 4.69) is 20.6 Å². The number of nitrogens with one attached hydrogen (secondary N) is 2. The lowest BCUT2D eigenvalue weighted by Gasteiger charge is -2.06. The molecule has 0 unspecified atom stereocenters. The van der Waals surface area contributed by atoms with Crippen molar-refractivity contribution in [1.82, 2.24) is 10.6 Å². The van der Waals surface area contributed by atoms with Gasteiger partial charge in [-0.05, 0) is 26.0 Å². The average molecular weight is 346 g/mol. The van der Waals surface area contributed by atoms with Gasteiger partial charge in [-0.1, -0.05) is 29.3 Å². The van der Waals surface area contributed by atoms with Gasteiger partial charge in [-0.25, -0.2) is 19.6 Å². The summed E-state index contributed by atoms with van der Waals surface area (Å²) in [6.07, 6.45) is 1.39. The summed E-state index contributed by atoms with van der Waals surface area (Å²) in [5.74, 6) is -0.0778. The van der Waals surface area contributed by atoms with Crippen molar-refractivity contribution >= 4 is 47.0 Å². The van der Waals surface area contributed by atoms with E-state index in [4.69, 9.17) is 33.7 Å². The number of rotatable bonds is 3. The van der Waals surface area contributed by atoms with E-state index < -0.39 is 6.03 Å². The van der Waals surface area contributed by atoms with Gasteiger partial charge in [-0.3, -0.25) is 5.32 Å². The standard InChI is InChI=1S/C10H12Cl2N4O.C3H5NO/c1-2-14-10(17)16-9(13)15-8-6(11)4-3-5-7(8)12;1-2-4-3-5/h3-5H,2H2,1H3,(H4,13,14,15,16,17);2H2,1H3. The van der Waals surface area contributed by atoms with Gasteiger partial charge in [0.1, 0.15) is 5.69 Å². The number of urea groups is 1. The molecule has 0 bridgehead atoms. The maximum Gasteiger partial charge on any atom is 0.321 e. The Hall–Kier alpha value is -2.08. The number of aliphatic imine (C=N–C) groups is 2. The highest BCUT2D eigenvalue weighted by molar-refractivity contribution is 6.38. The third-order valence-corrected chi connectivity index (χ3v) is 2.58. The lowest BCUT2D eigenvalue weighted by Crippen LogP contribution is -2.43. The van der Waals surface area contributed by atoms with Crippen molar-refractivity contribution in [3.63, 3.8) is 0 Å². The number of hydrogen-bond donors (Lipinski definition) is 3. The van der Waals surface area contributed by atoms with Gasteiger partial charge in [0.15, 0.2) is 0 Å². The summed E-state index contributed by atoms with van der Waals surface area (Å²) in [5.41, 5.74) is 5.86. The van der Waals surface area contributed by atoms with Gasteiger partial charge in [0.05, 0.1) is 10.0 Å². The molecule has 7 nitrogen and oxygen atoms in total. The molecule has 2 amide bonds. The summed E-state index contributed by atoms with van der Waals surface area (Å²) in [4.78, 5) is 27.4. The van der Waals surface area contributed by atoms with E-state index in [9.17, 15) is 4.79 Å². The number of guanidine groups is 1. The number of carbonyl (C=O) groups excluding carboxylic acids is 2. The van der Waals surface area contributed by atoms with E-state index in [1.165, 1.54) is 6.08 Å². The second-order valence-corrected chi connectivity index (χ2v) is 4.43. The minimum atomic E-state index is -0.433. The molecule has 0 saturated carbocycles. The molecule has 0 aromatic heterocycles.